The zero-order valence-corrected chi connectivity index (χ0v) is 8.89. The van der Waals surface area contributed by atoms with Crippen LogP contribution in [-0.4, -0.2) is 5.78 Å². The molecule has 0 spiro atoms. The molecular formula is C13H10FNO2. The third-order valence-electron chi connectivity index (χ3n) is 2.11. The number of benzene rings is 1. The Balaban J connectivity index is 1.99. The van der Waals surface area contributed by atoms with E-state index < -0.39 is 0 Å². The van der Waals surface area contributed by atoms with Gasteiger partial charge in [-0.3, -0.25) is 4.79 Å². The highest BCUT2D eigenvalue weighted by Crippen LogP contribution is 2.12. The lowest BCUT2D eigenvalue weighted by Gasteiger charge is -2.00. The molecule has 0 bridgehead atoms. The van der Waals surface area contributed by atoms with Crippen molar-refractivity contribution in [3.63, 3.8) is 0 Å². The third kappa shape index (κ3) is 2.81. The summed E-state index contributed by atoms with van der Waals surface area (Å²) in [7, 11) is 0. The fourth-order valence-electron chi connectivity index (χ4n) is 1.29. The molecule has 0 aliphatic rings. The molecule has 0 amide bonds. The first-order valence-corrected chi connectivity index (χ1v) is 5.03. The quantitative estimate of drug-likeness (QED) is 0.648. The first-order chi connectivity index (χ1) is 8.27. The number of carbonyl (C=O) groups is 1. The maximum atomic E-state index is 13.2. The summed E-state index contributed by atoms with van der Waals surface area (Å²) in [4.78, 5) is 11.5. The van der Waals surface area contributed by atoms with Crippen molar-refractivity contribution in [2.24, 2.45) is 0 Å². The van der Waals surface area contributed by atoms with Crippen molar-refractivity contribution < 1.29 is 13.6 Å². The normalized spacial score (nSPS) is 10.6. The molecule has 0 aliphatic carbocycles. The summed E-state index contributed by atoms with van der Waals surface area (Å²) in [5.41, 5.74) is 0.316. The highest BCUT2D eigenvalue weighted by Gasteiger charge is 2.03. The number of hydrogen-bond acceptors (Lipinski definition) is 3. The Labute approximate surface area is 97.6 Å². The van der Waals surface area contributed by atoms with Crippen molar-refractivity contribution in [1.82, 2.24) is 0 Å². The van der Waals surface area contributed by atoms with E-state index in [0.29, 0.717) is 5.69 Å². The predicted octanol–water partition coefficient (Wildman–Crippen LogP) is 3.23. The number of anilines is 1. The van der Waals surface area contributed by atoms with Crippen molar-refractivity contribution in [2.45, 2.75) is 0 Å². The number of para-hydroxylation sites is 1. The van der Waals surface area contributed by atoms with Crippen molar-refractivity contribution in [2.75, 3.05) is 5.32 Å². The number of rotatable bonds is 4. The van der Waals surface area contributed by atoms with Gasteiger partial charge in [0.25, 0.3) is 0 Å². The van der Waals surface area contributed by atoms with Gasteiger partial charge in [0.05, 0.1) is 12.0 Å². The highest BCUT2D eigenvalue weighted by molar-refractivity contribution is 6.02. The Bertz CT molecular complexity index is 532. The van der Waals surface area contributed by atoms with Gasteiger partial charge in [-0.1, -0.05) is 12.1 Å². The van der Waals surface area contributed by atoms with Crippen molar-refractivity contribution in [1.29, 1.82) is 0 Å². The molecule has 0 aliphatic heterocycles. The second-order valence-electron chi connectivity index (χ2n) is 3.30. The van der Waals surface area contributed by atoms with Crippen molar-refractivity contribution in [3.8, 4) is 0 Å². The van der Waals surface area contributed by atoms with Gasteiger partial charge >= 0.3 is 0 Å². The second-order valence-corrected chi connectivity index (χ2v) is 3.30. The molecule has 1 aromatic carbocycles. The van der Waals surface area contributed by atoms with Crippen LogP contribution in [0.2, 0.25) is 0 Å². The van der Waals surface area contributed by atoms with Gasteiger partial charge in [0.15, 0.2) is 5.76 Å². The minimum atomic E-state index is -0.373. The molecule has 0 saturated carbocycles. The number of ketones is 1. The standard InChI is InChI=1S/C13H10FNO2/c14-10-4-1-2-5-11(10)15-8-7-12(16)13-6-3-9-17-13/h1-9,15H. The molecule has 0 saturated heterocycles. The van der Waals surface area contributed by atoms with Crippen LogP contribution in [0.25, 0.3) is 0 Å². The van der Waals surface area contributed by atoms with Gasteiger partial charge in [-0.05, 0) is 24.3 Å². The highest BCUT2D eigenvalue weighted by atomic mass is 19.1. The van der Waals surface area contributed by atoms with E-state index in [1.807, 2.05) is 0 Å². The smallest absolute Gasteiger partial charge is 0.222 e. The minimum absolute atomic E-state index is 0.247. The van der Waals surface area contributed by atoms with Crippen LogP contribution in [-0.2, 0) is 0 Å². The SMILES string of the molecule is O=C(C=CNc1ccccc1F)c1ccco1. The van der Waals surface area contributed by atoms with Crippen LogP contribution in [0.4, 0.5) is 10.1 Å². The molecule has 86 valence electrons. The number of halogens is 1. The zero-order valence-electron chi connectivity index (χ0n) is 8.89. The number of carbonyl (C=O) groups excluding carboxylic acids is 1. The van der Waals surface area contributed by atoms with Crippen LogP contribution in [0, 0.1) is 5.82 Å². The number of hydrogen-bond donors (Lipinski definition) is 1. The van der Waals surface area contributed by atoms with Gasteiger partial charge in [-0.2, -0.15) is 0 Å². The van der Waals surface area contributed by atoms with Gasteiger partial charge in [0, 0.05) is 12.3 Å². The Morgan fingerprint density at radius 3 is 2.76 bits per heavy atom. The minimum Gasteiger partial charge on any atom is -0.461 e. The van der Waals surface area contributed by atoms with Gasteiger partial charge in [0.1, 0.15) is 5.82 Å². The molecule has 0 unspecified atom stereocenters. The van der Waals surface area contributed by atoms with E-state index in [9.17, 15) is 9.18 Å². The largest absolute Gasteiger partial charge is 0.461 e. The molecule has 0 radical (unpaired) electrons. The molecule has 2 aromatic rings. The lowest BCUT2D eigenvalue weighted by atomic mass is 10.3. The van der Waals surface area contributed by atoms with E-state index in [0.717, 1.165) is 0 Å². The van der Waals surface area contributed by atoms with Gasteiger partial charge in [-0.25, -0.2) is 4.39 Å². The lowest BCUT2D eigenvalue weighted by molar-refractivity contribution is 0.102. The van der Waals surface area contributed by atoms with E-state index >= 15 is 0 Å². The number of allylic oxidation sites excluding steroid dienone is 1. The third-order valence-corrected chi connectivity index (χ3v) is 2.11. The van der Waals surface area contributed by atoms with Crippen LogP contribution < -0.4 is 5.32 Å². The van der Waals surface area contributed by atoms with Gasteiger partial charge in [0.2, 0.25) is 5.78 Å². The molecule has 1 N–H and O–H groups in total. The molecule has 3 nitrogen and oxygen atoms in total. The van der Waals surface area contributed by atoms with E-state index in [1.54, 1.807) is 30.3 Å². The average Bonchev–Trinajstić information content (AvgIpc) is 2.85. The second kappa shape index (κ2) is 5.12. The topological polar surface area (TPSA) is 42.2 Å². The van der Waals surface area contributed by atoms with Crippen molar-refractivity contribution in [3.05, 3.63) is 66.5 Å². The first-order valence-electron chi connectivity index (χ1n) is 5.03. The summed E-state index contributed by atoms with van der Waals surface area (Å²) in [6.45, 7) is 0. The van der Waals surface area contributed by atoms with Crippen molar-refractivity contribution >= 4 is 11.5 Å². The van der Waals surface area contributed by atoms with Crippen LogP contribution in [0.1, 0.15) is 10.6 Å². The predicted molar refractivity (Wildman–Crippen MR) is 62.2 cm³/mol. The van der Waals surface area contributed by atoms with E-state index in [1.165, 1.54) is 24.6 Å². The first kappa shape index (κ1) is 11.1. The summed E-state index contributed by atoms with van der Waals surface area (Å²) in [6, 6.07) is 9.41. The molecule has 0 atom stereocenters. The fraction of sp³-hybridized carbons (Fsp3) is 0. The monoisotopic (exact) mass is 231 g/mol. The number of nitrogens with one attached hydrogen (secondary N) is 1. The Hall–Kier alpha value is -2.36. The Kier molecular flexibility index (Phi) is 3.35. The molecule has 17 heavy (non-hydrogen) atoms. The van der Waals surface area contributed by atoms with Crippen LogP contribution in [0.15, 0.2) is 59.4 Å². The Morgan fingerprint density at radius 2 is 2.06 bits per heavy atom. The summed E-state index contributed by atoms with van der Waals surface area (Å²) in [6.07, 6.45) is 4.08. The molecule has 4 heteroatoms. The summed E-state index contributed by atoms with van der Waals surface area (Å²) >= 11 is 0. The van der Waals surface area contributed by atoms with Crippen LogP contribution in [0.3, 0.4) is 0 Å². The molecule has 0 fully saturated rings. The summed E-state index contributed by atoms with van der Waals surface area (Å²) < 4.78 is 18.1. The van der Waals surface area contributed by atoms with E-state index in [2.05, 4.69) is 5.32 Å². The molecule has 2 rings (SSSR count). The molecule has 1 heterocycles. The summed E-state index contributed by atoms with van der Waals surface area (Å²) in [5, 5.41) is 2.69. The van der Waals surface area contributed by atoms with E-state index in [-0.39, 0.29) is 17.4 Å². The van der Waals surface area contributed by atoms with E-state index in [4.69, 9.17) is 4.42 Å². The zero-order chi connectivity index (χ0) is 12.1. The molecular weight excluding hydrogens is 221 g/mol. The van der Waals surface area contributed by atoms with Gasteiger partial charge < -0.3 is 9.73 Å². The number of furan rings is 1. The maximum absolute atomic E-state index is 13.2. The Morgan fingerprint density at radius 1 is 1.24 bits per heavy atom. The maximum Gasteiger partial charge on any atom is 0.222 e. The summed E-state index contributed by atoms with van der Waals surface area (Å²) in [5.74, 6) is -0.405. The molecule has 1 aromatic heterocycles. The van der Waals surface area contributed by atoms with Gasteiger partial charge in [-0.15, -0.1) is 0 Å². The van der Waals surface area contributed by atoms with Crippen LogP contribution in [0.5, 0.6) is 0 Å². The lowest BCUT2D eigenvalue weighted by Crippen LogP contribution is -1.95. The average molecular weight is 231 g/mol. The van der Waals surface area contributed by atoms with Crippen LogP contribution >= 0.6 is 0 Å². The fourth-order valence-corrected chi connectivity index (χ4v) is 1.29.